The highest BCUT2D eigenvalue weighted by Gasteiger charge is 2.23. The van der Waals surface area contributed by atoms with E-state index in [0.29, 0.717) is 18.0 Å². The largest absolute Gasteiger partial charge is 0.477 e. The molecule has 0 bridgehead atoms. The number of aromatic nitrogens is 1. The zero-order chi connectivity index (χ0) is 11.7. The molecule has 4 heteroatoms. The molecule has 0 atom stereocenters. The molecule has 4 nitrogen and oxygen atoms in total. The van der Waals surface area contributed by atoms with Crippen molar-refractivity contribution < 1.29 is 9.90 Å². The zero-order valence-corrected chi connectivity index (χ0v) is 8.85. The van der Waals surface area contributed by atoms with Crippen molar-refractivity contribution in [3.05, 3.63) is 40.3 Å². The van der Waals surface area contributed by atoms with E-state index in [-0.39, 0.29) is 5.56 Å². The van der Waals surface area contributed by atoms with Crippen molar-refractivity contribution >= 4 is 12.0 Å². The number of hydrogen-bond acceptors (Lipinski definition) is 2. The first-order chi connectivity index (χ1) is 7.61. The first-order valence-corrected chi connectivity index (χ1v) is 5.22. The van der Waals surface area contributed by atoms with Crippen LogP contribution in [0.15, 0.2) is 23.6 Å². The molecule has 1 heterocycles. The SMILES string of the molecule is C=Cc1cc(C(=O)O)c(=O)n(CC2CC2)c1. The lowest BCUT2D eigenvalue weighted by Gasteiger charge is -2.07. The quantitative estimate of drug-likeness (QED) is 0.836. The Kier molecular flexibility index (Phi) is 2.64. The van der Waals surface area contributed by atoms with Crippen molar-refractivity contribution in [3.63, 3.8) is 0 Å². The first-order valence-electron chi connectivity index (χ1n) is 5.22. The van der Waals surface area contributed by atoms with Gasteiger partial charge in [0.15, 0.2) is 0 Å². The van der Waals surface area contributed by atoms with Gasteiger partial charge < -0.3 is 9.67 Å². The van der Waals surface area contributed by atoms with E-state index in [2.05, 4.69) is 6.58 Å². The molecule has 1 aromatic rings. The summed E-state index contributed by atoms with van der Waals surface area (Å²) in [6.45, 7) is 4.20. The van der Waals surface area contributed by atoms with Gasteiger partial charge in [-0.25, -0.2) is 4.79 Å². The summed E-state index contributed by atoms with van der Waals surface area (Å²) in [5.41, 5.74) is 0.0562. The number of carboxylic acids is 1. The topological polar surface area (TPSA) is 59.3 Å². The number of carboxylic acid groups (broad SMARTS) is 1. The third kappa shape index (κ3) is 2.05. The maximum Gasteiger partial charge on any atom is 0.341 e. The predicted molar refractivity (Wildman–Crippen MR) is 60.5 cm³/mol. The molecule has 0 unspecified atom stereocenters. The summed E-state index contributed by atoms with van der Waals surface area (Å²) < 4.78 is 1.48. The van der Waals surface area contributed by atoms with Crippen LogP contribution in [0.4, 0.5) is 0 Å². The van der Waals surface area contributed by atoms with Crippen molar-refractivity contribution in [2.24, 2.45) is 5.92 Å². The second-order valence-electron chi connectivity index (χ2n) is 4.10. The van der Waals surface area contributed by atoms with Gasteiger partial charge in [-0.05, 0) is 30.4 Å². The fourth-order valence-electron chi connectivity index (χ4n) is 1.64. The maximum atomic E-state index is 11.8. The molecule has 0 aliphatic heterocycles. The Labute approximate surface area is 92.8 Å². The molecule has 1 N–H and O–H groups in total. The Bertz CT molecular complexity index is 497. The highest BCUT2D eigenvalue weighted by atomic mass is 16.4. The van der Waals surface area contributed by atoms with Gasteiger partial charge in [-0.3, -0.25) is 4.79 Å². The fourth-order valence-corrected chi connectivity index (χ4v) is 1.64. The van der Waals surface area contributed by atoms with Crippen molar-refractivity contribution in [1.82, 2.24) is 4.57 Å². The second-order valence-corrected chi connectivity index (χ2v) is 4.10. The molecule has 0 saturated heterocycles. The molecule has 2 rings (SSSR count). The molecular weight excluding hydrogens is 206 g/mol. The minimum atomic E-state index is -1.18. The van der Waals surface area contributed by atoms with Crippen LogP contribution in [0.5, 0.6) is 0 Å². The Hall–Kier alpha value is -1.84. The zero-order valence-electron chi connectivity index (χ0n) is 8.85. The van der Waals surface area contributed by atoms with Gasteiger partial charge in [0.2, 0.25) is 0 Å². The van der Waals surface area contributed by atoms with Crippen LogP contribution in [-0.4, -0.2) is 15.6 Å². The standard InChI is InChI=1S/C12H13NO3/c1-2-8-5-10(12(15)16)11(14)13(6-8)7-9-3-4-9/h2,5-6,9H,1,3-4,7H2,(H,15,16). The smallest absolute Gasteiger partial charge is 0.341 e. The van der Waals surface area contributed by atoms with Crippen LogP contribution in [0, 0.1) is 5.92 Å². The molecule has 0 aromatic carbocycles. The van der Waals surface area contributed by atoms with Crippen molar-refractivity contribution in [3.8, 4) is 0 Å². The van der Waals surface area contributed by atoms with Gasteiger partial charge in [-0.15, -0.1) is 0 Å². The summed E-state index contributed by atoms with van der Waals surface area (Å²) in [5.74, 6) is -0.655. The first kappa shape index (κ1) is 10.7. The Morgan fingerprint density at radius 1 is 1.62 bits per heavy atom. The summed E-state index contributed by atoms with van der Waals surface area (Å²) in [6.07, 6.45) is 5.45. The van der Waals surface area contributed by atoms with Crippen molar-refractivity contribution in [2.45, 2.75) is 19.4 Å². The number of nitrogens with zero attached hydrogens (tertiary/aromatic N) is 1. The fraction of sp³-hybridized carbons (Fsp3) is 0.333. The molecule has 0 amide bonds. The highest BCUT2D eigenvalue weighted by molar-refractivity contribution is 5.87. The lowest BCUT2D eigenvalue weighted by molar-refractivity contribution is 0.0694. The molecule has 0 spiro atoms. The molecule has 1 aliphatic rings. The molecule has 1 saturated carbocycles. The van der Waals surface area contributed by atoms with Crippen LogP contribution in [0.25, 0.3) is 6.08 Å². The minimum absolute atomic E-state index is 0.182. The molecule has 84 valence electrons. The van der Waals surface area contributed by atoms with E-state index in [0.717, 1.165) is 12.8 Å². The highest BCUT2D eigenvalue weighted by Crippen LogP contribution is 2.30. The summed E-state index contributed by atoms with van der Waals surface area (Å²) in [4.78, 5) is 22.7. The van der Waals surface area contributed by atoms with Gasteiger partial charge in [-0.2, -0.15) is 0 Å². The Balaban J connectivity index is 2.48. The normalized spacial score (nSPS) is 14.8. The van der Waals surface area contributed by atoms with Crippen LogP contribution in [0.1, 0.15) is 28.8 Å². The number of pyridine rings is 1. The third-order valence-corrected chi connectivity index (χ3v) is 2.73. The van der Waals surface area contributed by atoms with Crippen molar-refractivity contribution in [1.29, 1.82) is 0 Å². The lowest BCUT2D eigenvalue weighted by atomic mass is 10.2. The van der Waals surface area contributed by atoms with Crippen LogP contribution < -0.4 is 5.56 Å². The van der Waals surface area contributed by atoms with E-state index >= 15 is 0 Å². The predicted octanol–water partition coefficient (Wildman–Crippen LogP) is 1.60. The summed E-state index contributed by atoms with van der Waals surface area (Å²) in [7, 11) is 0. The van der Waals surface area contributed by atoms with Gasteiger partial charge in [0, 0.05) is 12.7 Å². The number of carbonyl (C=O) groups is 1. The molecule has 0 radical (unpaired) electrons. The summed E-state index contributed by atoms with van der Waals surface area (Å²) >= 11 is 0. The molecule has 1 aromatic heterocycles. The van der Waals surface area contributed by atoms with E-state index in [1.54, 1.807) is 12.3 Å². The molecule has 1 fully saturated rings. The lowest BCUT2D eigenvalue weighted by Crippen LogP contribution is -2.27. The summed E-state index contributed by atoms with van der Waals surface area (Å²) in [6, 6.07) is 1.36. The number of hydrogen-bond donors (Lipinski definition) is 1. The van der Waals surface area contributed by atoms with E-state index in [9.17, 15) is 9.59 Å². The third-order valence-electron chi connectivity index (χ3n) is 2.73. The van der Waals surface area contributed by atoms with Crippen LogP contribution >= 0.6 is 0 Å². The van der Waals surface area contributed by atoms with Crippen molar-refractivity contribution in [2.75, 3.05) is 0 Å². The van der Waals surface area contributed by atoms with Gasteiger partial charge >= 0.3 is 5.97 Å². The van der Waals surface area contributed by atoms with Crippen LogP contribution in [0.2, 0.25) is 0 Å². The van der Waals surface area contributed by atoms with E-state index in [4.69, 9.17) is 5.11 Å². The Morgan fingerprint density at radius 3 is 2.81 bits per heavy atom. The second kappa shape index (κ2) is 3.96. The van der Waals surface area contributed by atoms with E-state index < -0.39 is 11.5 Å². The number of aromatic carboxylic acids is 1. The van der Waals surface area contributed by atoms with Gasteiger partial charge in [-0.1, -0.05) is 12.7 Å². The number of rotatable bonds is 4. The van der Waals surface area contributed by atoms with E-state index in [1.165, 1.54) is 10.6 Å². The van der Waals surface area contributed by atoms with Gasteiger partial charge in [0.25, 0.3) is 5.56 Å². The average Bonchev–Trinajstić information content (AvgIpc) is 3.04. The van der Waals surface area contributed by atoms with E-state index in [1.807, 2.05) is 0 Å². The minimum Gasteiger partial charge on any atom is -0.477 e. The monoisotopic (exact) mass is 219 g/mol. The summed E-state index contributed by atoms with van der Waals surface area (Å²) in [5, 5.41) is 8.91. The molecular formula is C12H13NO3. The van der Waals surface area contributed by atoms with Crippen LogP contribution in [-0.2, 0) is 6.54 Å². The molecule has 16 heavy (non-hydrogen) atoms. The molecule has 1 aliphatic carbocycles. The maximum absolute atomic E-state index is 11.8. The average molecular weight is 219 g/mol. The van der Waals surface area contributed by atoms with Crippen LogP contribution in [0.3, 0.4) is 0 Å². The van der Waals surface area contributed by atoms with Gasteiger partial charge in [0.05, 0.1) is 0 Å². The van der Waals surface area contributed by atoms with Gasteiger partial charge in [0.1, 0.15) is 5.56 Å². The Morgan fingerprint density at radius 2 is 2.31 bits per heavy atom.